The highest BCUT2D eigenvalue weighted by Crippen LogP contribution is 2.10. The van der Waals surface area contributed by atoms with E-state index in [4.69, 9.17) is 9.47 Å². The SMILES string of the molecule is CC/C=C/CCCCCCCC(=O)OCC[N+](C)(C)CCOC(=O)CCCCCCC/C=C/CC. The molecule has 0 aromatic rings. The summed E-state index contributed by atoms with van der Waals surface area (Å²) in [5.41, 5.74) is 0. The minimum absolute atomic E-state index is 0.0975. The molecule has 0 spiro atoms. The fourth-order valence-corrected chi connectivity index (χ4v) is 3.76. The number of quaternary nitrogens is 1. The minimum Gasteiger partial charge on any atom is -0.460 e. The van der Waals surface area contributed by atoms with Gasteiger partial charge in [-0.1, -0.05) is 76.7 Å². The van der Waals surface area contributed by atoms with Crippen LogP contribution < -0.4 is 0 Å². The molecular weight excluding hydrogens is 438 g/mol. The highest BCUT2D eigenvalue weighted by Gasteiger charge is 2.17. The van der Waals surface area contributed by atoms with Gasteiger partial charge >= 0.3 is 11.9 Å². The summed E-state index contributed by atoms with van der Waals surface area (Å²) in [5, 5.41) is 0. The van der Waals surface area contributed by atoms with Gasteiger partial charge in [-0.2, -0.15) is 0 Å². The standard InChI is InChI=1S/C30H56NO4/c1-5-7-9-11-13-15-17-19-21-23-29(32)34-27-25-31(3,4)26-28-35-30(33)24-22-20-18-16-14-12-10-8-6-2/h7-10H,5-6,11-28H2,1-4H3/q+1/b9-7+,10-8+. The predicted molar refractivity (Wildman–Crippen MR) is 147 cm³/mol. The van der Waals surface area contributed by atoms with E-state index in [2.05, 4.69) is 52.2 Å². The highest BCUT2D eigenvalue weighted by molar-refractivity contribution is 5.69. The molecule has 0 aliphatic rings. The van der Waals surface area contributed by atoms with Crippen molar-refractivity contribution in [3.05, 3.63) is 24.3 Å². The van der Waals surface area contributed by atoms with E-state index in [0.717, 1.165) is 51.6 Å². The van der Waals surface area contributed by atoms with E-state index in [9.17, 15) is 9.59 Å². The lowest BCUT2D eigenvalue weighted by Gasteiger charge is -2.29. The summed E-state index contributed by atoms with van der Waals surface area (Å²) in [5.74, 6) is -0.195. The first-order valence-electron chi connectivity index (χ1n) is 14.3. The van der Waals surface area contributed by atoms with Gasteiger partial charge in [0.2, 0.25) is 0 Å². The smallest absolute Gasteiger partial charge is 0.305 e. The third-order valence-corrected chi connectivity index (χ3v) is 6.23. The number of unbranched alkanes of at least 4 members (excludes halogenated alkanes) is 10. The number of nitrogens with zero attached hydrogens (tertiary/aromatic N) is 1. The van der Waals surface area contributed by atoms with E-state index in [1.165, 1.54) is 51.4 Å². The molecule has 0 heterocycles. The maximum atomic E-state index is 12.0. The van der Waals surface area contributed by atoms with Crippen molar-refractivity contribution in [2.45, 2.75) is 117 Å². The molecule has 0 saturated carbocycles. The van der Waals surface area contributed by atoms with Gasteiger partial charge in [0.05, 0.1) is 14.1 Å². The van der Waals surface area contributed by atoms with E-state index in [0.29, 0.717) is 30.5 Å². The molecule has 0 bridgehead atoms. The summed E-state index contributed by atoms with van der Waals surface area (Å²) in [7, 11) is 4.15. The number of esters is 2. The molecule has 204 valence electrons. The van der Waals surface area contributed by atoms with Gasteiger partial charge in [0.25, 0.3) is 0 Å². The molecule has 0 aromatic heterocycles. The van der Waals surface area contributed by atoms with E-state index in [1.807, 2.05) is 0 Å². The van der Waals surface area contributed by atoms with Crippen LogP contribution in [0.4, 0.5) is 0 Å². The van der Waals surface area contributed by atoms with Crippen LogP contribution in [0, 0.1) is 0 Å². The van der Waals surface area contributed by atoms with Gasteiger partial charge in [0.1, 0.15) is 26.3 Å². The molecule has 5 nitrogen and oxygen atoms in total. The van der Waals surface area contributed by atoms with Crippen molar-refractivity contribution >= 4 is 11.9 Å². The van der Waals surface area contributed by atoms with Crippen molar-refractivity contribution in [3.8, 4) is 0 Å². The van der Waals surface area contributed by atoms with Crippen LogP contribution in [0.15, 0.2) is 24.3 Å². The van der Waals surface area contributed by atoms with Crippen LogP contribution in [0.1, 0.15) is 117 Å². The monoisotopic (exact) mass is 494 g/mol. The van der Waals surface area contributed by atoms with Gasteiger partial charge in [-0.05, 0) is 51.4 Å². The first-order valence-corrected chi connectivity index (χ1v) is 14.3. The molecule has 0 N–H and O–H groups in total. The van der Waals surface area contributed by atoms with E-state index in [1.54, 1.807) is 0 Å². The zero-order valence-corrected chi connectivity index (χ0v) is 23.5. The fraction of sp³-hybridized carbons (Fsp3) is 0.800. The number of allylic oxidation sites excluding steroid dienone is 4. The largest absolute Gasteiger partial charge is 0.460 e. The van der Waals surface area contributed by atoms with Crippen LogP contribution in [-0.2, 0) is 19.1 Å². The van der Waals surface area contributed by atoms with E-state index >= 15 is 0 Å². The predicted octanol–water partition coefficient (Wildman–Crippen LogP) is 7.54. The number of carbonyl (C=O) groups is 2. The Morgan fingerprint density at radius 1 is 0.571 bits per heavy atom. The van der Waals surface area contributed by atoms with Gasteiger partial charge in [-0.25, -0.2) is 0 Å². The van der Waals surface area contributed by atoms with Gasteiger partial charge in [0.15, 0.2) is 0 Å². The van der Waals surface area contributed by atoms with Crippen molar-refractivity contribution in [2.24, 2.45) is 0 Å². The van der Waals surface area contributed by atoms with E-state index in [-0.39, 0.29) is 11.9 Å². The Kier molecular flexibility index (Phi) is 23.0. The maximum Gasteiger partial charge on any atom is 0.305 e. The Morgan fingerprint density at radius 2 is 0.943 bits per heavy atom. The van der Waals surface area contributed by atoms with Crippen molar-refractivity contribution in [1.29, 1.82) is 0 Å². The van der Waals surface area contributed by atoms with Gasteiger partial charge in [-0.15, -0.1) is 0 Å². The van der Waals surface area contributed by atoms with Crippen molar-refractivity contribution in [2.75, 3.05) is 40.4 Å². The molecular formula is C30H56NO4+. The lowest BCUT2D eigenvalue weighted by Crippen LogP contribution is -2.45. The number of rotatable bonds is 24. The van der Waals surface area contributed by atoms with Crippen molar-refractivity contribution in [3.63, 3.8) is 0 Å². The molecule has 0 amide bonds. The van der Waals surface area contributed by atoms with Crippen LogP contribution >= 0.6 is 0 Å². The highest BCUT2D eigenvalue weighted by atomic mass is 16.5. The third kappa shape index (κ3) is 25.3. The average Bonchev–Trinajstić information content (AvgIpc) is 2.81. The molecule has 0 saturated heterocycles. The van der Waals surface area contributed by atoms with Crippen molar-refractivity contribution in [1.82, 2.24) is 0 Å². The second kappa shape index (κ2) is 24.1. The van der Waals surface area contributed by atoms with Gasteiger partial charge in [-0.3, -0.25) is 9.59 Å². The number of ether oxygens (including phenoxy) is 2. The van der Waals surface area contributed by atoms with Crippen LogP contribution in [0.2, 0.25) is 0 Å². The third-order valence-electron chi connectivity index (χ3n) is 6.23. The van der Waals surface area contributed by atoms with Crippen LogP contribution in [0.25, 0.3) is 0 Å². The Morgan fingerprint density at radius 3 is 1.34 bits per heavy atom. The quantitative estimate of drug-likeness (QED) is 0.0602. The lowest BCUT2D eigenvalue weighted by atomic mass is 10.1. The number of hydrogen-bond acceptors (Lipinski definition) is 4. The summed E-state index contributed by atoms with van der Waals surface area (Å²) in [6.07, 6.45) is 25.9. The summed E-state index contributed by atoms with van der Waals surface area (Å²) in [4.78, 5) is 23.9. The zero-order chi connectivity index (χ0) is 26.0. The zero-order valence-electron chi connectivity index (χ0n) is 23.5. The summed E-state index contributed by atoms with van der Waals surface area (Å²) >= 11 is 0. The minimum atomic E-state index is -0.0975. The fourth-order valence-electron chi connectivity index (χ4n) is 3.76. The number of likely N-dealkylation sites (N-methyl/N-ethyl adjacent to an activating group) is 1. The maximum absolute atomic E-state index is 12.0. The van der Waals surface area contributed by atoms with Crippen LogP contribution in [-0.4, -0.2) is 56.8 Å². The summed E-state index contributed by atoms with van der Waals surface area (Å²) in [6.45, 7) is 6.59. The average molecular weight is 495 g/mol. The molecule has 0 fully saturated rings. The normalized spacial score (nSPS) is 12.0. The second-order valence-corrected chi connectivity index (χ2v) is 10.2. The first kappa shape index (κ1) is 33.4. The topological polar surface area (TPSA) is 52.6 Å². The molecule has 0 unspecified atom stereocenters. The second-order valence-electron chi connectivity index (χ2n) is 10.2. The molecule has 0 aliphatic heterocycles. The Bertz CT molecular complexity index is 521. The molecule has 0 radical (unpaired) electrons. The Balaban J connectivity index is 3.62. The number of hydrogen-bond donors (Lipinski definition) is 0. The van der Waals surface area contributed by atoms with E-state index < -0.39 is 0 Å². The Hall–Kier alpha value is -1.62. The molecule has 5 heteroatoms. The molecule has 0 aliphatic carbocycles. The summed E-state index contributed by atoms with van der Waals surface area (Å²) in [6, 6.07) is 0. The van der Waals surface area contributed by atoms with Gasteiger partial charge in [0, 0.05) is 12.8 Å². The molecule has 0 rings (SSSR count). The Labute approximate surface area is 216 Å². The summed E-state index contributed by atoms with van der Waals surface area (Å²) < 4.78 is 11.5. The molecule has 0 aromatic carbocycles. The van der Waals surface area contributed by atoms with Gasteiger partial charge < -0.3 is 14.0 Å². The number of carbonyl (C=O) groups excluding carboxylic acids is 2. The lowest BCUT2D eigenvalue weighted by molar-refractivity contribution is -0.890. The molecule has 0 atom stereocenters. The molecule has 35 heavy (non-hydrogen) atoms. The van der Waals surface area contributed by atoms with Crippen molar-refractivity contribution < 1.29 is 23.5 Å². The van der Waals surface area contributed by atoms with Crippen LogP contribution in [0.5, 0.6) is 0 Å². The van der Waals surface area contributed by atoms with Crippen LogP contribution in [0.3, 0.4) is 0 Å². The first-order chi connectivity index (χ1) is 16.9.